The van der Waals surface area contributed by atoms with E-state index in [0.29, 0.717) is 25.1 Å². The summed E-state index contributed by atoms with van der Waals surface area (Å²) in [7, 11) is -3.50. The number of amides is 2. The fourth-order valence-corrected chi connectivity index (χ4v) is 8.16. The Morgan fingerprint density at radius 2 is 1.52 bits per heavy atom. The normalized spacial score (nSPS) is 28.4. The van der Waals surface area contributed by atoms with Crippen molar-refractivity contribution in [3.8, 4) is 0 Å². The Morgan fingerprint density at radius 3 is 2.03 bits per heavy atom. The van der Waals surface area contributed by atoms with Crippen molar-refractivity contribution in [1.29, 1.82) is 0 Å². The fraction of sp³-hybridized carbons (Fsp3) is 0.600. The number of carbonyl (C=O) groups is 2. The van der Waals surface area contributed by atoms with Crippen molar-refractivity contribution in [2.45, 2.75) is 63.7 Å². The molecule has 7 nitrogen and oxygen atoms in total. The Bertz CT molecular complexity index is 977. The Labute approximate surface area is 197 Å². The summed E-state index contributed by atoms with van der Waals surface area (Å²) < 4.78 is 26.5. The average molecular weight is 474 g/mol. The van der Waals surface area contributed by atoms with Crippen LogP contribution < -0.4 is 10.9 Å². The summed E-state index contributed by atoms with van der Waals surface area (Å²) in [5, 5.41) is 0. The van der Waals surface area contributed by atoms with E-state index >= 15 is 0 Å². The molecule has 0 aliphatic heterocycles. The molecule has 180 valence electrons. The molecule has 5 rings (SSSR count). The van der Waals surface area contributed by atoms with Crippen LogP contribution in [0.3, 0.4) is 0 Å². The molecule has 2 amide bonds. The summed E-state index contributed by atoms with van der Waals surface area (Å²) in [5.74, 6) is 1.82. The van der Waals surface area contributed by atoms with E-state index in [0.717, 1.165) is 37.0 Å². The first-order valence-corrected chi connectivity index (χ1v) is 13.5. The van der Waals surface area contributed by atoms with Gasteiger partial charge in [0, 0.05) is 25.6 Å². The van der Waals surface area contributed by atoms with Gasteiger partial charge in [0.15, 0.2) is 0 Å². The van der Waals surface area contributed by atoms with Gasteiger partial charge in [0.1, 0.15) is 0 Å². The molecule has 4 saturated carbocycles. The van der Waals surface area contributed by atoms with Crippen molar-refractivity contribution in [3.63, 3.8) is 0 Å². The third kappa shape index (κ3) is 5.32. The number of hydrogen-bond donors (Lipinski definition) is 2. The number of hydrazine groups is 1. The molecule has 0 aromatic heterocycles. The second-order valence-electron chi connectivity index (χ2n) is 10.1. The van der Waals surface area contributed by atoms with E-state index < -0.39 is 15.9 Å². The predicted octanol–water partition coefficient (Wildman–Crippen LogP) is 3.48. The van der Waals surface area contributed by atoms with E-state index in [-0.39, 0.29) is 16.2 Å². The summed E-state index contributed by atoms with van der Waals surface area (Å²) in [6, 6.07) is 6.40. The number of benzene rings is 1. The van der Waals surface area contributed by atoms with E-state index in [2.05, 4.69) is 10.9 Å². The fourth-order valence-electron chi connectivity index (χ4n) is 6.70. The first kappa shape index (κ1) is 24.0. The van der Waals surface area contributed by atoms with Crippen molar-refractivity contribution >= 4 is 27.9 Å². The lowest BCUT2D eigenvalue weighted by Crippen LogP contribution is -2.49. The highest BCUT2D eigenvalue weighted by Gasteiger charge is 2.51. The molecule has 0 spiro atoms. The molecule has 1 aromatic rings. The van der Waals surface area contributed by atoms with Crippen LogP contribution in [0.1, 0.15) is 64.4 Å². The zero-order valence-electron chi connectivity index (χ0n) is 19.5. The molecule has 1 aromatic carbocycles. The molecule has 4 aliphatic rings. The molecule has 0 atom stereocenters. The smallest absolute Gasteiger partial charge is 0.262 e. The summed E-state index contributed by atoms with van der Waals surface area (Å²) >= 11 is 0. The summed E-state index contributed by atoms with van der Waals surface area (Å²) in [6.45, 7) is 4.43. The molecule has 0 radical (unpaired) electrons. The third-order valence-corrected chi connectivity index (χ3v) is 9.74. The van der Waals surface area contributed by atoms with Crippen LogP contribution in [0.4, 0.5) is 0 Å². The number of sulfonamides is 1. The molecule has 0 unspecified atom stereocenters. The van der Waals surface area contributed by atoms with E-state index in [1.54, 1.807) is 44.2 Å². The summed E-state index contributed by atoms with van der Waals surface area (Å²) in [4.78, 5) is 24.9. The number of nitrogens with zero attached hydrogens (tertiary/aromatic N) is 1. The van der Waals surface area contributed by atoms with E-state index in [1.165, 1.54) is 29.6 Å². The van der Waals surface area contributed by atoms with Crippen LogP contribution in [0.25, 0.3) is 6.08 Å². The van der Waals surface area contributed by atoms with Gasteiger partial charge in [-0.05, 0) is 85.5 Å². The molecule has 4 bridgehead atoms. The van der Waals surface area contributed by atoms with Crippen molar-refractivity contribution in [2.24, 2.45) is 23.2 Å². The first-order chi connectivity index (χ1) is 15.7. The van der Waals surface area contributed by atoms with Gasteiger partial charge in [0.05, 0.1) is 4.90 Å². The minimum Gasteiger partial charge on any atom is -0.273 e. The second kappa shape index (κ2) is 9.58. The Morgan fingerprint density at radius 1 is 0.970 bits per heavy atom. The Kier molecular flexibility index (Phi) is 6.96. The third-order valence-electron chi connectivity index (χ3n) is 7.68. The first-order valence-electron chi connectivity index (χ1n) is 12.1. The molecule has 0 heterocycles. The van der Waals surface area contributed by atoms with E-state index in [9.17, 15) is 18.0 Å². The maximum absolute atomic E-state index is 12.6. The predicted molar refractivity (Wildman–Crippen MR) is 127 cm³/mol. The van der Waals surface area contributed by atoms with Crippen molar-refractivity contribution < 1.29 is 18.0 Å². The molecular weight excluding hydrogens is 438 g/mol. The number of carbonyl (C=O) groups excluding carboxylic acids is 2. The Balaban J connectivity index is 1.27. The van der Waals surface area contributed by atoms with Crippen LogP contribution in [0.5, 0.6) is 0 Å². The largest absolute Gasteiger partial charge is 0.273 e. The van der Waals surface area contributed by atoms with Gasteiger partial charge < -0.3 is 0 Å². The molecule has 2 N–H and O–H groups in total. The standard InChI is InChI=1S/C25H35N3O4S/c1-3-28(4-2)33(31,32)22-8-5-18(6-9-22)7-10-23(29)26-27-24(30)17-25-14-19-11-20(15-25)13-21(12-19)16-25/h5-10,19-21H,3-4,11-17H2,1-2H3,(H,26,29)(H,27,30). The number of rotatable bonds is 8. The van der Waals surface area contributed by atoms with Crippen LogP contribution in [-0.4, -0.2) is 37.6 Å². The maximum atomic E-state index is 12.6. The monoisotopic (exact) mass is 473 g/mol. The number of hydrogen-bond acceptors (Lipinski definition) is 4. The van der Waals surface area contributed by atoms with E-state index in [1.807, 2.05) is 0 Å². The van der Waals surface area contributed by atoms with Crippen molar-refractivity contribution in [3.05, 3.63) is 35.9 Å². The highest BCUT2D eigenvalue weighted by molar-refractivity contribution is 7.89. The van der Waals surface area contributed by atoms with Crippen LogP contribution in [0.15, 0.2) is 35.2 Å². The molecule has 8 heteroatoms. The lowest BCUT2D eigenvalue weighted by molar-refractivity contribution is -0.133. The van der Waals surface area contributed by atoms with Gasteiger partial charge in [-0.25, -0.2) is 8.42 Å². The minimum absolute atomic E-state index is 0.121. The van der Waals surface area contributed by atoms with Gasteiger partial charge in [-0.15, -0.1) is 0 Å². The lowest BCUT2D eigenvalue weighted by atomic mass is 9.49. The maximum Gasteiger partial charge on any atom is 0.262 e. The molecular formula is C25H35N3O4S. The van der Waals surface area contributed by atoms with Crippen molar-refractivity contribution in [1.82, 2.24) is 15.2 Å². The summed E-state index contributed by atoms with van der Waals surface area (Å²) in [6.07, 6.45) is 10.9. The second-order valence-corrected chi connectivity index (χ2v) is 12.1. The van der Waals surface area contributed by atoms with Crippen LogP contribution in [-0.2, 0) is 19.6 Å². The highest BCUT2D eigenvalue weighted by Crippen LogP contribution is 2.61. The lowest BCUT2D eigenvalue weighted by Gasteiger charge is -2.56. The molecule has 4 aliphatic carbocycles. The van der Waals surface area contributed by atoms with Gasteiger partial charge in [0.25, 0.3) is 5.91 Å². The zero-order chi connectivity index (χ0) is 23.6. The van der Waals surface area contributed by atoms with Gasteiger partial charge in [-0.2, -0.15) is 4.31 Å². The van der Waals surface area contributed by atoms with Gasteiger partial charge in [0.2, 0.25) is 15.9 Å². The highest BCUT2D eigenvalue weighted by atomic mass is 32.2. The molecule has 33 heavy (non-hydrogen) atoms. The average Bonchev–Trinajstić information content (AvgIpc) is 2.76. The van der Waals surface area contributed by atoms with Gasteiger partial charge >= 0.3 is 0 Å². The zero-order valence-corrected chi connectivity index (χ0v) is 20.4. The van der Waals surface area contributed by atoms with Gasteiger partial charge in [-0.3, -0.25) is 20.4 Å². The van der Waals surface area contributed by atoms with Gasteiger partial charge in [-0.1, -0.05) is 26.0 Å². The quantitative estimate of drug-likeness (QED) is 0.446. The summed E-state index contributed by atoms with van der Waals surface area (Å²) in [5.41, 5.74) is 5.88. The van der Waals surface area contributed by atoms with Crippen LogP contribution in [0.2, 0.25) is 0 Å². The number of nitrogens with one attached hydrogen (secondary N) is 2. The van der Waals surface area contributed by atoms with Crippen LogP contribution >= 0.6 is 0 Å². The topological polar surface area (TPSA) is 95.6 Å². The van der Waals surface area contributed by atoms with Crippen LogP contribution in [0, 0.1) is 23.2 Å². The minimum atomic E-state index is -3.50. The van der Waals surface area contributed by atoms with Crippen molar-refractivity contribution in [2.75, 3.05) is 13.1 Å². The SMILES string of the molecule is CCN(CC)S(=O)(=O)c1ccc(C=CC(=O)NNC(=O)CC23CC4CC(CC(C4)C2)C3)cc1. The molecule has 0 saturated heterocycles. The Hall–Kier alpha value is -2.19. The molecule has 4 fully saturated rings. The van der Waals surface area contributed by atoms with E-state index in [4.69, 9.17) is 0 Å².